The zero-order valence-corrected chi connectivity index (χ0v) is 18.1. The molecule has 2 unspecified atom stereocenters. The van der Waals surface area contributed by atoms with Crippen molar-refractivity contribution >= 4 is 23.8 Å². The number of carboxylic acids is 1. The summed E-state index contributed by atoms with van der Waals surface area (Å²) in [5.41, 5.74) is 0.908. The average Bonchev–Trinajstić information content (AvgIpc) is 2.68. The van der Waals surface area contributed by atoms with Gasteiger partial charge in [-0.25, -0.2) is 9.78 Å². The molecule has 0 bridgehead atoms. The number of nitrogens with one attached hydrogen (secondary N) is 1. The fourth-order valence-corrected chi connectivity index (χ4v) is 3.02. The summed E-state index contributed by atoms with van der Waals surface area (Å²) in [5, 5.41) is 12.1. The first-order valence-corrected chi connectivity index (χ1v) is 10.0. The molecule has 166 valence electrons. The first-order chi connectivity index (χ1) is 14.6. The Morgan fingerprint density at radius 1 is 1.06 bits per heavy atom. The van der Waals surface area contributed by atoms with Gasteiger partial charge in [-0.2, -0.15) is 0 Å². The Bertz CT molecular complexity index is 891. The maximum atomic E-state index is 12.2. The number of hydrogen-bond acceptors (Lipinski definition) is 6. The zero-order valence-electron chi connectivity index (χ0n) is 18.1. The molecule has 2 N–H and O–H groups in total. The molecule has 31 heavy (non-hydrogen) atoms. The number of pyridine rings is 1. The van der Waals surface area contributed by atoms with Crippen LogP contribution in [0, 0.1) is 5.92 Å². The van der Waals surface area contributed by atoms with Gasteiger partial charge in [0.15, 0.2) is 5.92 Å². The number of amides is 1. The van der Waals surface area contributed by atoms with Crippen molar-refractivity contribution in [1.29, 1.82) is 0 Å². The molecule has 0 radical (unpaired) electrons. The average molecular weight is 428 g/mol. The van der Waals surface area contributed by atoms with Crippen LogP contribution >= 0.6 is 0 Å². The van der Waals surface area contributed by atoms with Crippen LogP contribution in [0.15, 0.2) is 48.7 Å². The first kappa shape index (κ1) is 23.9. The molecule has 2 aromatic rings. The van der Waals surface area contributed by atoms with Gasteiger partial charge in [-0.15, -0.1) is 0 Å². The number of aliphatic carboxylic acids is 1. The van der Waals surface area contributed by atoms with E-state index in [4.69, 9.17) is 9.47 Å². The van der Waals surface area contributed by atoms with Crippen LogP contribution in [0.5, 0.6) is 0 Å². The number of benzene rings is 1. The minimum Gasteiger partial charge on any atom is -0.481 e. The molecule has 0 fully saturated rings. The topological polar surface area (TPSA) is 115 Å². The smallest absolute Gasteiger partial charge is 0.413 e. The number of ether oxygens (including phenoxy) is 2. The van der Waals surface area contributed by atoms with Crippen LogP contribution in [-0.2, 0) is 19.1 Å². The lowest BCUT2D eigenvalue weighted by Crippen LogP contribution is -2.28. The Balaban J connectivity index is 2.27. The van der Waals surface area contributed by atoms with Gasteiger partial charge in [-0.3, -0.25) is 14.9 Å². The normalized spacial score (nSPS) is 13.0. The van der Waals surface area contributed by atoms with Crippen molar-refractivity contribution in [2.24, 2.45) is 5.92 Å². The van der Waals surface area contributed by atoms with E-state index in [-0.39, 0.29) is 13.0 Å². The number of hydrogen-bond donors (Lipinski definition) is 2. The molecule has 0 saturated heterocycles. The Kier molecular flexibility index (Phi) is 8.13. The quantitative estimate of drug-likeness (QED) is 0.478. The Morgan fingerprint density at radius 3 is 2.26 bits per heavy atom. The highest BCUT2D eigenvalue weighted by atomic mass is 16.6. The molecule has 8 nitrogen and oxygen atoms in total. The largest absolute Gasteiger partial charge is 0.481 e. The standard InChI is InChI=1S/C23H28N2O6/c1-5-30-21(28)18(20(26)27)13-17(15-9-7-6-8-10-15)16-11-12-19(24-14-16)25-22(29)31-23(2,3)4/h6-12,14,17-18H,5,13H2,1-4H3,(H,26,27)(H,24,25,29). The maximum absolute atomic E-state index is 12.2. The molecular weight excluding hydrogens is 400 g/mol. The summed E-state index contributed by atoms with van der Waals surface area (Å²) < 4.78 is 10.2. The van der Waals surface area contributed by atoms with Crippen LogP contribution in [0.4, 0.5) is 10.6 Å². The van der Waals surface area contributed by atoms with Crippen molar-refractivity contribution in [3.63, 3.8) is 0 Å². The molecule has 2 rings (SSSR count). The van der Waals surface area contributed by atoms with Gasteiger partial charge in [0.05, 0.1) is 6.61 Å². The number of carboxylic acid groups (broad SMARTS) is 1. The van der Waals surface area contributed by atoms with E-state index in [9.17, 15) is 19.5 Å². The van der Waals surface area contributed by atoms with Crippen LogP contribution in [0.1, 0.15) is 51.2 Å². The molecular formula is C23H28N2O6. The second-order valence-electron chi connectivity index (χ2n) is 7.95. The summed E-state index contributed by atoms with van der Waals surface area (Å²) >= 11 is 0. The van der Waals surface area contributed by atoms with E-state index in [1.165, 1.54) is 0 Å². The number of aromatic nitrogens is 1. The SMILES string of the molecule is CCOC(=O)C(CC(c1ccccc1)c1ccc(NC(=O)OC(C)(C)C)nc1)C(=O)O. The third-order valence-electron chi connectivity index (χ3n) is 4.36. The molecule has 1 amide bonds. The zero-order chi connectivity index (χ0) is 23.0. The number of nitrogens with zero attached hydrogens (tertiary/aromatic N) is 1. The van der Waals surface area contributed by atoms with Crippen molar-refractivity contribution in [2.45, 2.75) is 45.6 Å². The Hall–Kier alpha value is -3.42. The van der Waals surface area contributed by atoms with Crippen LogP contribution in [-0.4, -0.2) is 40.3 Å². The molecule has 1 aromatic heterocycles. The van der Waals surface area contributed by atoms with Gasteiger partial charge >= 0.3 is 18.0 Å². The molecule has 0 aliphatic rings. The molecule has 1 aromatic carbocycles. The van der Waals surface area contributed by atoms with Crippen LogP contribution < -0.4 is 5.32 Å². The van der Waals surface area contributed by atoms with Gasteiger partial charge in [0.2, 0.25) is 0 Å². The monoisotopic (exact) mass is 428 g/mol. The van der Waals surface area contributed by atoms with Crippen LogP contribution in [0.3, 0.4) is 0 Å². The Morgan fingerprint density at radius 2 is 1.74 bits per heavy atom. The molecule has 0 aliphatic heterocycles. The fourth-order valence-electron chi connectivity index (χ4n) is 3.02. The summed E-state index contributed by atoms with van der Waals surface area (Å²) in [6.07, 6.45) is 0.938. The van der Waals surface area contributed by atoms with E-state index in [0.29, 0.717) is 11.4 Å². The van der Waals surface area contributed by atoms with Gasteiger partial charge < -0.3 is 14.6 Å². The summed E-state index contributed by atoms with van der Waals surface area (Å²) in [5.74, 6) is -3.44. The van der Waals surface area contributed by atoms with Crippen molar-refractivity contribution in [3.8, 4) is 0 Å². The highest BCUT2D eigenvalue weighted by Gasteiger charge is 2.32. The summed E-state index contributed by atoms with van der Waals surface area (Å²) in [4.78, 5) is 40.1. The number of carbonyl (C=O) groups is 3. The van der Waals surface area contributed by atoms with E-state index < -0.39 is 35.5 Å². The third-order valence-corrected chi connectivity index (χ3v) is 4.36. The lowest BCUT2D eigenvalue weighted by Gasteiger charge is -2.22. The molecule has 1 heterocycles. The van der Waals surface area contributed by atoms with Gasteiger partial charge in [-0.05, 0) is 51.3 Å². The van der Waals surface area contributed by atoms with E-state index in [2.05, 4.69) is 10.3 Å². The van der Waals surface area contributed by atoms with Gasteiger partial charge in [0, 0.05) is 12.1 Å². The van der Waals surface area contributed by atoms with E-state index in [0.717, 1.165) is 5.56 Å². The fraction of sp³-hybridized carbons (Fsp3) is 0.391. The summed E-state index contributed by atoms with van der Waals surface area (Å²) in [6.45, 7) is 7.01. The molecule has 0 spiro atoms. The lowest BCUT2D eigenvalue weighted by atomic mass is 9.84. The van der Waals surface area contributed by atoms with Crippen molar-refractivity contribution in [1.82, 2.24) is 4.98 Å². The number of rotatable bonds is 8. The van der Waals surface area contributed by atoms with E-state index in [1.54, 1.807) is 46.0 Å². The highest BCUT2D eigenvalue weighted by molar-refractivity contribution is 5.94. The minimum atomic E-state index is -1.32. The molecule has 8 heteroatoms. The van der Waals surface area contributed by atoms with Crippen molar-refractivity contribution in [2.75, 3.05) is 11.9 Å². The maximum Gasteiger partial charge on any atom is 0.413 e. The van der Waals surface area contributed by atoms with E-state index >= 15 is 0 Å². The van der Waals surface area contributed by atoms with E-state index in [1.807, 2.05) is 30.3 Å². The van der Waals surface area contributed by atoms with Crippen LogP contribution in [0.2, 0.25) is 0 Å². The second kappa shape index (κ2) is 10.6. The van der Waals surface area contributed by atoms with Crippen molar-refractivity contribution < 1.29 is 29.0 Å². The number of anilines is 1. The summed E-state index contributed by atoms with van der Waals surface area (Å²) in [7, 11) is 0. The van der Waals surface area contributed by atoms with Gasteiger partial charge in [0.25, 0.3) is 0 Å². The van der Waals surface area contributed by atoms with Crippen LogP contribution in [0.25, 0.3) is 0 Å². The van der Waals surface area contributed by atoms with Gasteiger partial charge in [0.1, 0.15) is 11.4 Å². The molecule has 0 aliphatic carbocycles. The van der Waals surface area contributed by atoms with Crippen molar-refractivity contribution in [3.05, 3.63) is 59.8 Å². The second-order valence-corrected chi connectivity index (χ2v) is 7.95. The number of carbonyl (C=O) groups excluding carboxylic acids is 2. The first-order valence-electron chi connectivity index (χ1n) is 10.0. The third kappa shape index (κ3) is 7.40. The molecule has 0 saturated carbocycles. The van der Waals surface area contributed by atoms with Gasteiger partial charge in [-0.1, -0.05) is 36.4 Å². The lowest BCUT2D eigenvalue weighted by molar-refractivity contribution is -0.158. The highest BCUT2D eigenvalue weighted by Crippen LogP contribution is 2.32. The number of esters is 1. The summed E-state index contributed by atoms with van der Waals surface area (Å²) in [6, 6.07) is 12.6. The molecule has 2 atom stereocenters. The predicted octanol–water partition coefficient (Wildman–Crippen LogP) is 4.21. The predicted molar refractivity (Wildman–Crippen MR) is 115 cm³/mol. The minimum absolute atomic E-state index is 0.0126. The Labute approximate surface area is 181 Å².